The van der Waals surface area contributed by atoms with Gasteiger partial charge in [-0.15, -0.1) is 0 Å². The SMILES string of the molecule is CC12CC(O)[C@](C)(CN(Cc3ccccc3)C1)N2C(=O)O. The van der Waals surface area contributed by atoms with E-state index in [1.54, 1.807) is 0 Å². The monoisotopic (exact) mass is 290 g/mol. The lowest BCUT2D eigenvalue weighted by Crippen LogP contribution is -2.67. The van der Waals surface area contributed by atoms with E-state index >= 15 is 0 Å². The second kappa shape index (κ2) is 4.71. The Kier molecular flexibility index (Phi) is 3.22. The molecule has 2 aliphatic heterocycles. The molecule has 1 aromatic carbocycles. The van der Waals surface area contributed by atoms with Crippen LogP contribution < -0.4 is 0 Å². The van der Waals surface area contributed by atoms with E-state index in [0.29, 0.717) is 19.5 Å². The lowest BCUT2D eigenvalue weighted by Gasteiger charge is -2.51. The molecule has 2 aliphatic rings. The van der Waals surface area contributed by atoms with Crippen LogP contribution >= 0.6 is 0 Å². The van der Waals surface area contributed by atoms with E-state index < -0.39 is 23.3 Å². The first-order valence-electron chi connectivity index (χ1n) is 7.33. The summed E-state index contributed by atoms with van der Waals surface area (Å²) in [5.74, 6) is 0. The van der Waals surface area contributed by atoms with Crippen LogP contribution in [0.1, 0.15) is 25.8 Å². The number of hydrogen-bond donors (Lipinski definition) is 2. The third kappa shape index (κ3) is 2.21. The van der Waals surface area contributed by atoms with Crippen LogP contribution in [0.4, 0.5) is 4.79 Å². The molecule has 0 spiro atoms. The number of rotatable bonds is 2. The minimum atomic E-state index is -0.934. The summed E-state index contributed by atoms with van der Waals surface area (Å²) in [5, 5.41) is 19.9. The number of carbonyl (C=O) groups is 1. The number of aliphatic hydroxyl groups excluding tert-OH is 1. The van der Waals surface area contributed by atoms with Crippen molar-refractivity contribution in [3.8, 4) is 0 Å². The molecule has 2 bridgehead atoms. The predicted octanol–water partition coefficient (Wildman–Crippen LogP) is 1.76. The number of carboxylic acid groups (broad SMARTS) is 1. The van der Waals surface area contributed by atoms with Gasteiger partial charge in [0.2, 0.25) is 0 Å². The molecule has 2 N–H and O–H groups in total. The van der Waals surface area contributed by atoms with Gasteiger partial charge in [-0.1, -0.05) is 30.3 Å². The van der Waals surface area contributed by atoms with Crippen LogP contribution in [0.15, 0.2) is 30.3 Å². The Morgan fingerprint density at radius 3 is 2.52 bits per heavy atom. The van der Waals surface area contributed by atoms with Crippen LogP contribution in [0.3, 0.4) is 0 Å². The van der Waals surface area contributed by atoms with Gasteiger partial charge in [-0.05, 0) is 19.4 Å². The molecular formula is C16H22N2O3. The van der Waals surface area contributed by atoms with Crippen LogP contribution in [0.2, 0.25) is 0 Å². The van der Waals surface area contributed by atoms with Crippen molar-refractivity contribution >= 4 is 6.09 Å². The minimum Gasteiger partial charge on any atom is -0.465 e. The molecule has 2 heterocycles. The van der Waals surface area contributed by atoms with E-state index in [1.807, 2.05) is 32.0 Å². The maximum absolute atomic E-state index is 11.6. The number of amides is 1. The van der Waals surface area contributed by atoms with Gasteiger partial charge in [0.15, 0.2) is 0 Å². The molecule has 0 radical (unpaired) electrons. The fourth-order valence-corrected chi connectivity index (χ4v) is 4.20. The summed E-state index contributed by atoms with van der Waals surface area (Å²) < 4.78 is 0. The summed E-state index contributed by atoms with van der Waals surface area (Å²) in [6.07, 6.45) is -1.04. The third-order valence-corrected chi connectivity index (χ3v) is 4.95. The molecule has 0 saturated carbocycles. The number of fused-ring (bicyclic) bond motifs is 2. The van der Waals surface area contributed by atoms with Crippen LogP contribution in [-0.2, 0) is 6.54 Å². The van der Waals surface area contributed by atoms with Crippen LogP contribution in [0.5, 0.6) is 0 Å². The van der Waals surface area contributed by atoms with Gasteiger partial charge in [0, 0.05) is 26.1 Å². The van der Waals surface area contributed by atoms with E-state index in [1.165, 1.54) is 10.5 Å². The van der Waals surface area contributed by atoms with Gasteiger partial charge >= 0.3 is 6.09 Å². The molecule has 3 atom stereocenters. The number of likely N-dealkylation sites (tertiary alicyclic amines) is 1. The number of benzene rings is 1. The zero-order chi connectivity index (χ0) is 15.3. The van der Waals surface area contributed by atoms with Crippen LogP contribution in [0, 0.1) is 0 Å². The number of hydrogen-bond acceptors (Lipinski definition) is 3. The Labute approximate surface area is 124 Å². The topological polar surface area (TPSA) is 64.0 Å². The van der Waals surface area contributed by atoms with Crippen molar-refractivity contribution in [3.63, 3.8) is 0 Å². The third-order valence-electron chi connectivity index (χ3n) is 4.95. The van der Waals surface area contributed by atoms with Crippen LogP contribution in [-0.4, -0.2) is 56.4 Å². The van der Waals surface area contributed by atoms with Gasteiger partial charge in [0.25, 0.3) is 0 Å². The molecule has 1 aromatic rings. The highest BCUT2D eigenvalue weighted by atomic mass is 16.4. The average Bonchev–Trinajstić information content (AvgIpc) is 2.50. The maximum atomic E-state index is 11.6. The molecule has 2 saturated heterocycles. The summed E-state index contributed by atoms with van der Waals surface area (Å²) >= 11 is 0. The molecule has 0 aliphatic carbocycles. The standard InChI is InChI=1S/C16H22N2O3/c1-15-8-13(19)16(2,18(15)14(20)21)11-17(10-15)9-12-6-4-3-5-7-12/h3-7,13,19H,8-11H2,1-2H3,(H,20,21)/t13?,15?,16-/m0/s1. The number of aliphatic hydroxyl groups is 1. The summed E-state index contributed by atoms with van der Waals surface area (Å²) in [5.41, 5.74) is -0.0388. The van der Waals surface area contributed by atoms with Gasteiger partial charge in [-0.25, -0.2) is 4.79 Å². The van der Waals surface area contributed by atoms with Crippen molar-refractivity contribution in [1.82, 2.24) is 9.80 Å². The van der Waals surface area contributed by atoms with Gasteiger partial charge in [-0.2, -0.15) is 0 Å². The predicted molar refractivity (Wildman–Crippen MR) is 79.0 cm³/mol. The second-order valence-electron chi connectivity index (χ2n) is 6.82. The van der Waals surface area contributed by atoms with Crippen molar-refractivity contribution in [2.24, 2.45) is 0 Å². The highest BCUT2D eigenvalue weighted by Gasteiger charge is 2.62. The summed E-state index contributed by atoms with van der Waals surface area (Å²) in [6, 6.07) is 10.2. The molecular weight excluding hydrogens is 268 g/mol. The van der Waals surface area contributed by atoms with Crippen molar-refractivity contribution in [1.29, 1.82) is 0 Å². The summed E-state index contributed by atoms with van der Waals surface area (Å²) in [7, 11) is 0. The molecule has 3 rings (SSSR count). The fraction of sp³-hybridized carbons (Fsp3) is 0.562. The molecule has 2 unspecified atom stereocenters. The molecule has 114 valence electrons. The Bertz CT molecular complexity index is 550. The minimum absolute atomic E-state index is 0.501. The Balaban J connectivity index is 1.86. The highest BCUT2D eigenvalue weighted by Crippen LogP contribution is 2.46. The molecule has 5 nitrogen and oxygen atoms in total. The lowest BCUT2D eigenvalue weighted by atomic mass is 9.94. The smallest absolute Gasteiger partial charge is 0.408 e. The van der Waals surface area contributed by atoms with E-state index in [-0.39, 0.29) is 0 Å². The first kappa shape index (κ1) is 14.4. The number of nitrogens with zero attached hydrogens (tertiary/aromatic N) is 2. The summed E-state index contributed by atoms with van der Waals surface area (Å²) in [6.45, 7) is 5.79. The van der Waals surface area contributed by atoms with Crippen molar-refractivity contribution in [3.05, 3.63) is 35.9 Å². The summed E-state index contributed by atoms with van der Waals surface area (Å²) in [4.78, 5) is 15.4. The number of piperazine rings is 1. The second-order valence-corrected chi connectivity index (χ2v) is 6.82. The Morgan fingerprint density at radius 1 is 1.29 bits per heavy atom. The fourth-order valence-electron chi connectivity index (χ4n) is 4.20. The first-order chi connectivity index (χ1) is 9.85. The average molecular weight is 290 g/mol. The maximum Gasteiger partial charge on any atom is 0.408 e. The largest absolute Gasteiger partial charge is 0.465 e. The molecule has 0 aromatic heterocycles. The highest BCUT2D eigenvalue weighted by molar-refractivity contribution is 5.69. The van der Waals surface area contributed by atoms with Gasteiger partial charge in [0.05, 0.1) is 17.2 Å². The zero-order valence-corrected chi connectivity index (χ0v) is 12.5. The van der Waals surface area contributed by atoms with Gasteiger partial charge in [-0.3, -0.25) is 9.80 Å². The van der Waals surface area contributed by atoms with E-state index in [9.17, 15) is 15.0 Å². The zero-order valence-electron chi connectivity index (χ0n) is 12.5. The molecule has 2 fully saturated rings. The molecule has 21 heavy (non-hydrogen) atoms. The Morgan fingerprint density at radius 2 is 1.95 bits per heavy atom. The van der Waals surface area contributed by atoms with Crippen molar-refractivity contribution in [2.45, 2.75) is 44.0 Å². The lowest BCUT2D eigenvalue weighted by molar-refractivity contribution is -0.0463. The van der Waals surface area contributed by atoms with Gasteiger partial charge < -0.3 is 10.2 Å². The first-order valence-corrected chi connectivity index (χ1v) is 7.33. The van der Waals surface area contributed by atoms with Crippen LogP contribution in [0.25, 0.3) is 0 Å². The normalized spacial score (nSPS) is 36.0. The quantitative estimate of drug-likeness (QED) is 0.871. The molecule has 1 amide bonds. The Hall–Kier alpha value is -1.59. The van der Waals surface area contributed by atoms with Crippen molar-refractivity contribution in [2.75, 3.05) is 13.1 Å². The van der Waals surface area contributed by atoms with Crippen molar-refractivity contribution < 1.29 is 15.0 Å². The van der Waals surface area contributed by atoms with E-state index in [0.717, 1.165) is 6.54 Å². The molecule has 5 heteroatoms. The van der Waals surface area contributed by atoms with Gasteiger partial charge in [0.1, 0.15) is 0 Å². The van der Waals surface area contributed by atoms with E-state index in [4.69, 9.17) is 0 Å². The van der Waals surface area contributed by atoms with E-state index in [2.05, 4.69) is 17.0 Å².